The lowest BCUT2D eigenvalue weighted by Crippen LogP contribution is -2.70. The van der Waals surface area contributed by atoms with Crippen LogP contribution in [-0.2, 0) is 45.5 Å². The molecule has 0 aliphatic carbocycles. The summed E-state index contributed by atoms with van der Waals surface area (Å²) in [5.74, 6) is -2.68. The van der Waals surface area contributed by atoms with Crippen molar-refractivity contribution in [1.29, 1.82) is 0 Å². The molecule has 70 heavy (non-hydrogen) atoms. The number of nitrogens with zero attached hydrogens (tertiary/aromatic N) is 2. The number of hydrogen-bond donors (Lipinski definition) is 4. The number of fused-ring (bicyclic) bond motifs is 8. The number of rotatable bonds is 14. The van der Waals surface area contributed by atoms with Gasteiger partial charge in [-0.25, -0.2) is 14.4 Å². The summed E-state index contributed by atoms with van der Waals surface area (Å²) in [5.41, 5.74) is 1.66. The van der Waals surface area contributed by atoms with E-state index in [4.69, 9.17) is 18.9 Å². The Morgan fingerprint density at radius 3 is 1.84 bits per heavy atom. The number of β-lactam (4-membered cyclic amide) rings is 2. The molecule has 4 N–H and O–H groups in total. The first-order valence-electron chi connectivity index (χ1n) is 21.8. The maximum Gasteiger partial charge on any atom is 0.352 e. The van der Waals surface area contributed by atoms with E-state index in [2.05, 4.69) is 10.6 Å². The van der Waals surface area contributed by atoms with Crippen LogP contribution in [-0.4, -0.2) is 115 Å². The molecule has 2 saturated heterocycles. The van der Waals surface area contributed by atoms with E-state index < -0.39 is 58.2 Å². The van der Waals surface area contributed by atoms with Crippen LogP contribution in [0.1, 0.15) is 38.3 Å². The zero-order chi connectivity index (χ0) is 48.4. The molecule has 3 aromatic carbocycles. The van der Waals surface area contributed by atoms with Crippen molar-refractivity contribution < 1.29 is 62.7 Å². The summed E-state index contributed by atoms with van der Waals surface area (Å²) in [5, 5.41) is 28.8. The van der Waals surface area contributed by atoms with Crippen LogP contribution in [0.2, 0.25) is 0 Å². The lowest BCUT2D eigenvalue weighted by atomic mass is 9.77. The van der Waals surface area contributed by atoms with Gasteiger partial charge in [-0.05, 0) is 47.2 Å². The number of aliphatic carboxylic acids is 2. The van der Waals surface area contributed by atoms with Gasteiger partial charge in [-0.2, -0.15) is 0 Å². The van der Waals surface area contributed by atoms with Gasteiger partial charge in [0, 0.05) is 68.5 Å². The zero-order valence-electron chi connectivity index (χ0n) is 36.4. The molecular formula is C49H38N4O13S4. The number of ether oxygens (including phenoxy) is 4. The van der Waals surface area contributed by atoms with Crippen molar-refractivity contribution >= 4 is 88.2 Å². The van der Waals surface area contributed by atoms with Gasteiger partial charge in [-0.1, -0.05) is 42.0 Å². The van der Waals surface area contributed by atoms with Crippen LogP contribution in [0.5, 0.6) is 23.0 Å². The highest BCUT2D eigenvalue weighted by molar-refractivity contribution is 8.02. The lowest BCUT2D eigenvalue weighted by molar-refractivity contribution is -0.150. The third-order valence-electron chi connectivity index (χ3n) is 12.7. The summed E-state index contributed by atoms with van der Waals surface area (Å²) >= 11 is 5.65. The summed E-state index contributed by atoms with van der Waals surface area (Å²) in [6.45, 7) is -0.392. The molecule has 11 rings (SSSR count). The predicted molar refractivity (Wildman–Crippen MR) is 257 cm³/mol. The third kappa shape index (κ3) is 7.80. The summed E-state index contributed by atoms with van der Waals surface area (Å²) in [7, 11) is 0. The Morgan fingerprint density at radius 2 is 1.30 bits per heavy atom. The second-order valence-electron chi connectivity index (χ2n) is 16.9. The van der Waals surface area contributed by atoms with E-state index in [0.717, 1.165) is 10.5 Å². The Bertz CT molecular complexity index is 3100. The minimum atomic E-state index is -1.46. The van der Waals surface area contributed by atoms with Crippen LogP contribution < -0.4 is 24.8 Å². The molecule has 0 bridgehead atoms. The Balaban J connectivity index is 0.820. The van der Waals surface area contributed by atoms with Gasteiger partial charge in [0.1, 0.15) is 70.4 Å². The third-order valence-corrected chi connectivity index (χ3v) is 17.1. The van der Waals surface area contributed by atoms with E-state index in [1.165, 1.54) is 44.7 Å². The lowest BCUT2D eigenvalue weighted by Gasteiger charge is -2.49. The van der Waals surface area contributed by atoms with E-state index in [-0.39, 0.29) is 83.8 Å². The molecule has 8 heterocycles. The topological polar surface area (TPSA) is 227 Å². The monoisotopic (exact) mass is 1020 g/mol. The van der Waals surface area contributed by atoms with Crippen molar-refractivity contribution in [2.75, 3.05) is 30.5 Å². The van der Waals surface area contributed by atoms with Gasteiger partial charge in [-0.15, -0.1) is 46.6 Å². The molecule has 4 aromatic rings. The molecule has 4 amide bonds. The van der Waals surface area contributed by atoms with Gasteiger partial charge in [0.05, 0.1) is 12.0 Å². The Morgan fingerprint density at radius 1 is 0.714 bits per heavy atom. The zero-order valence-corrected chi connectivity index (χ0v) is 39.7. The van der Waals surface area contributed by atoms with Gasteiger partial charge in [-0.3, -0.25) is 29.0 Å². The quantitative estimate of drug-likeness (QED) is 0.0920. The molecule has 5 unspecified atom stereocenters. The maximum atomic E-state index is 13.5. The Kier molecular flexibility index (Phi) is 11.8. The molecule has 21 heteroatoms. The number of allylic oxidation sites excluding steroid dienone is 2. The highest BCUT2D eigenvalue weighted by Crippen LogP contribution is 2.57. The van der Waals surface area contributed by atoms with Crippen molar-refractivity contribution in [3.8, 4) is 23.0 Å². The van der Waals surface area contributed by atoms with Crippen LogP contribution in [0, 0.1) is 0 Å². The average Bonchev–Trinajstić information content (AvgIpc) is 3.98. The van der Waals surface area contributed by atoms with Gasteiger partial charge >= 0.3 is 17.9 Å². The molecule has 0 saturated carbocycles. The summed E-state index contributed by atoms with van der Waals surface area (Å²) < 4.78 is 25.2. The first-order valence-corrected chi connectivity index (χ1v) is 25.8. The molecular weight excluding hydrogens is 981 g/mol. The molecule has 1 aromatic heterocycles. The molecule has 2 fully saturated rings. The summed E-state index contributed by atoms with van der Waals surface area (Å²) in [6.07, 6.45) is 3.98. The minimum absolute atomic E-state index is 0.111. The van der Waals surface area contributed by atoms with Crippen LogP contribution >= 0.6 is 46.6 Å². The van der Waals surface area contributed by atoms with Crippen molar-refractivity contribution in [2.45, 2.75) is 41.3 Å². The molecule has 1 spiro atoms. The number of carboxylic acid groups (broad SMARTS) is 2. The van der Waals surface area contributed by atoms with Crippen LogP contribution in [0.3, 0.4) is 0 Å². The number of nitrogens with one attached hydrogen (secondary N) is 2. The number of carboxylic acids is 2. The number of thioether (sulfide) groups is 3. The van der Waals surface area contributed by atoms with E-state index in [1.54, 1.807) is 72.4 Å². The highest BCUT2D eigenvalue weighted by atomic mass is 32.2. The van der Waals surface area contributed by atoms with E-state index >= 15 is 0 Å². The van der Waals surface area contributed by atoms with E-state index in [0.29, 0.717) is 39.2 Å². The van der Waals surface area contributed by atoms with Crippen molar-refractivity contribution in [1.82, 2.24) is 20.4 Å². The Labute approximate surface area is 414 Å². The maximum absolute atomic E-state index is 13.5. The van der Waals surface area contributed by atoms with E-state index in [9.17, 15) is 43.8 Å². The standard InChI is InChI=1S/C49H38N4O13S4/c54-36(15-24-5-3-13-67-21-24)50-38-42(56)52-40(46(58)59)25(22-69-44(38)52)19-63-27-9-11-32-34(16-27)65-35-17-28(10-12-33(35)49(32)31-8-2-1-7-30(31)48(62)66-49)64-20-26-23-70-45-39(43(57)53(45)41(26)47(60)61)51-37(55)18-29-6-4-14-68-29/h1-14,16-17,38-39,44-45H,15,18-23H2,(H,50,54)(H,51,55)(H,58,59)(H,60,61). The molecule has 0 radical (unpaired) electrons. The predicted octanol–water partition coefficient (Wildman–Crippen LogP) is 5.37. The number of amides is 4. The van der Waals surface area contributed by atoms with Gasteiger partial charge < -0.3 is 39.8 Å². The largest absolute Gasteiger partial charge is 0.489 e. The van der Waals surface area contributed by atoms with Crippen molar-refractivity contribution in [2.24, 2.45) is 0 Å². The summed E-state index contributed by atoms with van der Waals surface area (Å²) in [4.78, 5) is 94.3. The first kappa shape index (κ1) is 45.5. The normalized spacial score (nSPS) is 23.6. The molecule has 17 nitrogen and oxygen atoms in total. The average molecular weight is 1020 g/mol. The number of carbonyl (C=O) groups excluding carboxylic acids is 5. The fourth-order valence-electron chi connectivity index (χ4n) is 9.52. The molecule has 356 valence electrons. The number of esters is 1. The number of carbonyl (C=O) groups is 7. The number of benzene rings is 3. The van der Waals surface area contributed by atoms with Crippen LogP contribution in [0.4, 0.5) is 0 Å². The number of thiophene rings is 1. The van der Waals surface area contributed by atoms with Crippen molar-refractivity contribution in [3.05, 3.63) is 151 Å². The molecule has 7 aliphatic heterocycles. The smallest absolute Gasteiger partial charge is 0.352 e. The van der Waals surface area contributed by atoms with Gasteiger partial charge in [0.15, 0.2) is 5.60 Å². The van der Waals surface area contributed by atoms with Crippen LogP contribution in [0.25, 0.3) is 0 Å². The second-order valence-corrected chi connectivity index (χ2v) is 21.1. The fourth-order valence-corrected chi connectivity index (χ4v) is 13.6. The highest BCUT2D eigenvalue weighted by Gasteiger charge is 2.57. The fraction of sp³-hybridized carbons (Fsp3) is 0.245. The van der Waals surface area contributed by atoms with Gasteiger partial charge in [0.2, 0.25) is 11.8 Å². The van der Waals surface area contributed by atoms with Crippen LogP contribution in [0.15, 0.2) is 124 Å². The SMILES string of the molecule is O=C(CC1=CC=CSC1)NC1C(=O)N2C(C(=O)O)=C(COc3ccc4c(c3)Oc3cc(OCC5=C(C(=O)O)N6C(=O)C(NC(=O)Cc7cccs7)C6SC5)ccc3C43OC(=O)c4ccccc43)CSC12. The second kappa shape index (κ2) is 18.1. The molecule has 7 aliphatic rings. The minimum Gasteiger partial charge on any atom is -0.489 e. The van der Waals surface area contributed by atoms with Gasteiger partial charge in [0.25, 0.3) is 11.8 Å². The summed E-state index contributed by atoms with van der Waals surface area (Å²) in [6, 6.07) is 18.8. The Hall–Kier alpha value is -6.94. The number of hydrogen-bond acceptors (Lipinski definition) is 15. The molecule has 5 atom stereocenters. The van der Waals surface area contributed by atoms with E-state index in [1.807, 2.05) is 35.1 Å². The first-order chi connectivity index (χ1) is 33.9. The van der Waals surface area contributed by atoms with Crippen molar-refractivity contribution in [3.63, 3.8) is 0 Å².